The van der Waals surface area contributed by atoms with Gasteiger partial charge in [0.25, 0.3) is 0 Å². The maximum Gasteiger partial charge on any atom is 0.0779 e. The van der Waals surface area contributed by atoms with E-state index in [1.165, 1.54) is 16.3 Å². The summed E-state index contributed by atoms with van der Waals surface area (Å²) < 4.78 is 0. The summed E-state index contributed by atoms with van der Waals surface area (Å²) in [6, 6.07) is 13.0. The van der Waals surface area contributed by atoms with Gasteiger partial charge in [-0.05, 0) is 23.6 Å². The first-order valence-corrected chi connectivity index (χ1v) is 5.94. The number of para-hydroxylation sites is 2. The number of fused-ring (bicyclic) bond motifs is 1. The van der Waals surface area contributed by atoms with Crippen LogP contribution >= 0.6 is 11.3 Å². The highest BCUT2D eigenvalue weighted by atomic mass is 32.1. The highest BCUT2D eigenvalue weighted by molar-refractivity contribution is 7.10. The van der Waals surface area contributed by atoms with Crippen LogP contribution in [0, 0.1) is 0 Å². The molecule has 76 valence electrons. The van der Waals surface area contributed by atoms with Gasteiger partial charge >= 0.3 is 0 Å². The molecule has 3 rings (SSSR count). The van der Waals surface area contributed by atoms with E-state index in [9.17, 15) is 0 Å². The van der Waals surface area contributed by atoms with Crippen molar-refractivity contribution in [2.75, 3.05) is 17.2 Å². The van der Waals surface area contributed by atoms with Crippen LogP contribution in [0.15, 0.2) is 41.8 Å². The third-order valence-corrected chi connectivity index (χ3v) is 3.63. The minimum absolute atomic E-state index is 0.403. The van der Waals surface area contributed by atoms with Gasteiger partial charge in [0, 0.05) is 11.4 Å². The summed E-state index contributed by atoms with van der Waals surface area (Å²) in [4.78, 5) is 1.39. The maximum absolute atomic E-state index is 3.55. The first-order valence-electron chi connectivity index (χ1n) is 5.06. The molecular formula is C12H12N2S. The van der Waals surface area contributed by atoms with Crippen molar-refractivity contribution in [3.8, 4) is 0 Å². The highest BCUT2D eigenvalue weighted by Gasteiger charge is 2.18. The monoisotopic (exact) mass is 216 g/mol. The van der Waals surface area contributed by atoms with Crippen molar-refractivity contribution in [2.24, 2.45) is 0 Å². The minimum Gasteiger partial charge on any atom is -0.381 e. The van der Waals surface area contributed by atoms with Gasteiger partial charge in [-0.1, -0.05) is 18.2 Å². The van der Waals surface area contributed by atoms with Gasteiger partial charge < -0.3 is 10.6 Å². The zero-order valence-electron chi connectivity index (χ0n) is 8.23. The molecule has 2 heterocycles. The lowest BCUT2D eigenvalue weighted by Crippen LogP contribution is -2.24. The van der Waals surface area contributed by atoms with Gasteiger partial charge in [0.2, 0.25) is 0 Å². The molecule has 0 amide bonds. The van der Waals surface area contributed by atoms with Crippen LogP contribution in [0.5, 0.6) is 0 Å². The summed E-state index contributed by atoms with van der Waals surface area (Å²) in [7, 11) is 0. The van der Waals surface area contributed by atoms with Crippen LogP contribution in [-0.2, 0) is 0 Å². The molecule has 0 unspecified atom stereocenters. The molecule has 2 aromatic rings. The van der Waals surface area contributed by atoms with Gasteiger partial charge in [-0.2, -0.15) is 0 Å². The summed E-state index contributed by atoms with van der Waals surface area (Å²) >= 11 is 1.80. The first kappa shape index (κ1) is 8.80. The van der Waals surface area contributed by atoms with Gasteiger partial charge in [0.05, 0.1) is 17.4 Å². The number of hydrogen-bond acceptors (Lipinski definition) is 3. The second-order valence-electron chi connectivity index (χ2n) is 3.64. The molecule has 1 atom stereocenters. The van der Waals surface area contributed by atoms with Gasteiger partial charge in [-0.15, -0.1) is 11.3 Å². The molecule has 15 heavy (non-hydrogen) atoms. The van der Waals surface area contributed by atoms with Gasteiger partial charge in [-0.25, -0.2) is 0 Å². The summed E-state index contributed by atoms with van der Waals surface area (Å²) in [6.45, 7) is 0.956. The van der Waals surface area contributed by atoms with Crippen LogP contribution < -0.4 is 10.6 Å². The Morgan fingerprint density at radius 1 is 1.07 bits per heavy atom. The number of rotatable bonds is 1. The Kier molecular flexibility index (Phi) is 2.10. The van der Waals surface area contributed by atoms with Gasteiger partial charge in [0.1, 0.15) is 0 Å². The van der Waals surface area contributed by atoms with Crippen LogP contribution in [0.2, 0.25) is 0 Å². The lowest BCUT2D eigenvalue weighted by Gasteiger charge is -2.27. The molecule has 0 fully saturated rings. The van der Waals surface area contributed by atoms with E-state index in [2.05, 4.69) is 52.4 Å². The van der Waals surface area contributed by atoms with Crippen molar-refractivity contribution in [3.05, 3.63) is 46.7 Å². The molecule has 0 spiro atoms. The molecule has 0 bridgehead atoms. The lowest BCUT2D eigenvalue weighted by molar-refractivity contribution is 0.820. The maximum atomic E-state index is 3.55. The quantitative estimate of drug-likeness (QED) is 0.764. The van der Waals surface area contributed by atoms with Crippen molar-refractivity contribution in [2.45, 2.75) is 6.04 Å². The van der Waals surface area contributed by atoms with Gasteiger partial charge in [-0.3, -0.25) is 0 Å². The van der Waals surface area contributed by atoms with E-state index in [1.807, 2.05) is 0 Å². The zero-order valence-corrected chi connectivity index (χ0v) is 9.05. The van der Waals surface area contributed by atoms with Crippen molar-refractivity contribution >= 4 is 22.7 Å². The van der Waals surface area contributed by atoms with E-state index in [0.29, 0.717) is 6.04 Å². The van der Waals surface area contributed by atoms with E-state index >= 15 is 0 Å². The molecule has 0 radical (unpaired) electrons. The topological polar surface area (TPSA) is 24.1 Å². The largest absolute Gasteiger partial charge is 0.381 e. The Morgan fingerprint density at radius 2 is 1.93 bits per heavy atom. The predicted molar refractivity (Wildman–Crippen MR) is 65.6 cm³/mol. The highest BCUT2D eigenvalue weighted by Crippen LogP contribution is 2.32. The molecule has 0 aliphatic carbocycles. The molecule has 1 aliphatic rings. The van der Waals surface area contributed by atoms with Crippen LogP contribution in [-0.4, -0.2) is 6.54 Å². The van der Waals surface area contributed by atoms with Crippen LogP contribution in [0.4, 0.5) is 11.4 Å². The Labute approximate surface area is 93.0 Å². The van der Waals surface area contributed by atoms with Gasteiger partial charge in [0.15, 0.2) is 0 Å². The fourth-order valence-corrected chi connectivity index (χ4v) is 2.65. The molecule has 0 saturated heterocycles. The normalized spacial score (nSPS) is 18.8. The number of benzene rings is 1. The zero-order chi connectivity index (χ0) is 10.1. The fourth-order valence-electron chi connectivity index (χ4n) is 1.88. The smallest absolute Gasteiger partial charge is 0.0779 e. The molecule has 2 N–H and O–H groups in total. The fraction of sp³-hybridized carbons (Fsp3) is 0.167. The Morgan fingerprint density at radius 3 is 2.73 bits per heavy atom. The van der Waals surface area contributed by atoms with E-state index in [0.717, 1.165) is 6.54 Å². The SMILES string of the molecule is c1csc([C@@H]2CNc3ccccc3N2)c1. The standard InChI is InChI=1S/C12H12N2S/c1-2-5-10-9(4-1)13-8-11(14-10)12-6-3-7-15-12/h1-7,11,13-14H,8H2/t11-/m0/s1. The van der Waals surface area contributed by atoms with Crippen LogP contribution in [0.25, 0.3) is 0 Å². The lowest BCUT2D eigenvalue weighted by atomic mass is 10.1. The Balaban J connectivity index is 1.89. The molecule has 2 nitrogen and oxygen atoms in total. The van der Waals surface area contributed by atoms with E-state index in [4.69, 9.17) is 0 Å². The third kappa shape index (κ3) is 1.59. The molecule has 1 aromatic carbocycles. The summed E-state index contributed by atoms with van der Waals surface area (Å²) in [5.41, 5.74) is 2.40. The van der Waals surface area contributed by atoms with Crippen LogP contribution in [0.3, 0.4) is 0 Å². The average Bonchev–Trinajstić information content (AvgIpc) is 2.82. The van der Waals surface area contributed by atoms with E-state index in [1.54, 1.807) is 11.3 Å². The molecule has 1 aliphatic heterocycles. The third-order valence-electron chi connectivity index (χ3n) is 2.64. The molecule has 1 aromatic heterocycles. The summed E-state index contributed by atoms with van der Waals surface area (Å²) in [6.07, 6.45) is 0. The number of hydrogen-bond donors (Lipinski definition) is 2. The number of thiophene rings is 1. The van der Waals surface area contributed by atoms with Crippen molar-refractivity contribution in [1.29, 1.82) is 0 Å². The molecular weight excluding hydrogens is 204 g/mol. The minimum atomic E-state index is 0.403. The number of anilines is 2. The molecule has 3 heteroatoms. The first-order chi connectivity index (χ1) is 7.43. The van der Waals surface area contributed by atoms with Crippen molar-refractivity contribution in [1.82, 2.24) is 0 Å². The number of nitrogens with one attached hydrogen (secondary N) is 2. The second-order valence-corrected chi connectivity index (χ2v) is 4.62. The van der Waals surface area contributed by atoms with Crippen molar-refractivity contribution in [3.63, 3.8) is 0 Å². The predicted octanol–water partition coefficient (Wildman–Crippen LogP) is 3.33. The second kappa shape index (κ2) is 3.59. The Hall–Kier alpha value is -1.48. The average molecular weight is 216 g/mol. The molecule has 0 saturated carbocycles. The van der Waals surface area contributed by atoms with Crippen LogP contribution in [0.1, 0.15) is 10.9 Å². The summed E-state index contributed by atoms with van der Waals surface area (Å²) in [5, 5.41) is 9.11. The van der Waals surface area contributed by atoms with E-state index < -0.39 is 0 Å². The van der Waals surface area contributed by atoms with Crippen molar-refractivity contribution < 1.29 is 0 Å². The Bertz CT molecular complexity index is 450. The summed E-state index contributed by atoms with van der Waals surface area (Å²) in [5.74, 6) is 0. The van der Waals surface area contributed by atoms with E-state index in [-0.39, 0.29) is 0 Å².